The summed E-state index contributed by atoms with van der Waals surface area (Å²) in [4.78, 5) is 0. The van der Waals surface area contributed by atoms with Gasteiger partial charge in [0.05, 0.1) is 0 Å². The molecule has 1 aromatic rings. The van der Waals surface area contributed by atoms with Crippen LogP contribution in [0.4, 0.5) is 13.2 Å². The average molecular weight is 289 g/mol. The van der Waals surface area contributed by atoms with E-state index in [2.05, 4.69) is 22.2 Å². The third-order valence-electron chi connectivity index (χ3n) is 3.15. The first-order valence-corrected chi connectivity index (χ1v) is 6.87. The van der Waals surface area contributed by atoms with Gasteiger partial charge in [-0.3, -0.25) is 0 Å². The summed E-state index contributed by atoms with van der Waals surface area (Å²) < 4.78 is 40.4. The Kier molecular flexibility index (Phi) is 7.62. The van der Waals surface area contributed by atoms with Gasteiger partial charge in [-0.1, -0.05) is 30.3 Å². The Bertz CT molecular complexity index is 354. The molecule has 0 spiro atoms. The third-order valence-corrected chi connectivity index (χ3v) is 3.15. The Morgan fingerprint density at radius 1 is 1.15 bits per heavy atom. The van der Waals surface area contributed by atoms with Crippen molar-refractivity contribution in [3.63, 3.8) is 0 Å². The molecule has 0 bridgehead atoms. The van der Waals surface area contributed by atoms with E-state index in [1.54, 1.807) is 0 Å². The molecule has 0 aliphatic heterocycles. The van der Waals surface area contributed by atoms with Crippen LogP contribution in [0.2, 0.25) is 0 Å². The van der Waals surface area contributed by atoms with Crippen LogP contribution < -0.4 is 5.32 Å². The van der Waals surface area contributed by atoms with Gasteiger partial charge in [0, 0.05) is 12.6 Å². The second-order valence-corrected chi connectivity index (χ2v) is 4.82. The van der Waals surface area contributed by atoms with E-state index < -0.39 is 12.8 Å². The highest BCUT2D eigenvalue weighted by atomic mass is 19.4. The molecule has 1 atom stereocenters. The smallest absolute Gasteiger partial charge is 0.372 e. The van der Waals surface area contributed by atoms with Crippen LogP contribution in [0, 0.1) is 0 Å². The van der Waals surface area contributed by atoms with Crippen LogP contribution in [0.3, 0.4) is 0 Å². The van der Waals surface area contributed by atoms with Gasteiger partial charge in [-0.05, 0) is 38.3 Å². The molecule has 0 saturated heterocycles. The molecule has 1 N–H and O–H groups in total. The lowest BCUT2D eigenvalue weighted by molar-refractivity contribution is -0.174. The first-order valence-electron chi connectivity index (χ1n) is 6.87. The Morgan fingerprint density at radius 2 is 1.85 bits per heavy atom. The van der Waals surface area contributed by atoms with Crippen molar-refractivity contribution in [2.24, 2.45) is 0 Å². The fraction of sp³-hybridized carbons (Fsp3) is 0.600. The van der Waals surface area contributed by atoms with E-state index in [9.17, 15) is 13.2 Å². The quantitative estimate of drug-likeness (QED) is 0.702. The summed E-state index contributed by atoms with van der Waals surface area (Å²) in [7, 11) is 1.83. The minimum atomic E-state index is -4.23. The monoisotopic (exact) mass is 289 g/mol. The van der Waals surface area contributed by atoms with E-state index in [1.807, 2.05) is 25.2 Å². The van der Waals surface area contributed by atoms with E-state index in [0.29, 0.717) is 6.42 Å². The summed E-state index contributed by atoms with van der Waals surface area (Å²) in [5.74, 6) is 0. The number of ether oxygens (including phenoxy) is 1. The van der Waals surface area contributed by atoms with Gasteiger partial charge in [0.1, 0.15) is 6.61 Å². The van der Waals surface area contributed by atoms with Gasteiger partial charge in [0.15, 0.2) is 0 Å². The van der Waals surface area contributed by atoms with Gasteiger partial charge in [-0.2, -0.15) is 13.2 Å². The average Bonchev–Trinajstić information content (AvgIpc) is 2.41. The number of hydrogen-bond acceptors (Lipinski definition) is 2. The minimum Gasteiger partial charge on any atom is -0.372 e. The van der Waals surface area contributed by atoms with Gasteiger partial charge in [-0.25, -0.2) is 0 Å². The molecule has 20 heavy (non-hydrogen) atoms. The molecule has 1 rings (SSSR count). The Labute approximate surface area is 118 Å². The van der Waals surface area contributed by atoms with Crippen molar-refractivity contribution in [1.29, 1.82) is 0 Å². The van der Waals surface area contributed by atoms with Crippen molar-refractivity contribution >= 4 is 0 Å². The molecule has 0 heterocycles. The Balaban J connectivity index is 2.13. The van der Waals surface area contributed by atoms with Crippen LogP contribution in [0.5, 0.6) is 0 Å². The van der Waals surface area contributed by atoms with Crippen LogP contribution >= 0.6 is 0 Å². The molecule has 0 amide bonds. The molecule has 0 fully saturated rings. The largest absolute Gasteiger partial charge is 0.411 e. The van der Waals surface area contributed by atoms with E-state index in [1.165, 1.54) is 5.56 Å². The van der Waals surface area contributed by atoms with Gasteiger partial charge in [0.2, 0.25) is 0 Å². The van der Waals surface area contributed by atoms with Crippen LogP contribution in [0.25, 0.3) is 0 Å². The summed E-state index contributed by atoms with van der Waals surface area (Å²) in [5.41, 5.74) is 1.29. The van der Waals surface area contributed by atoms with Crippen LogP contribution in [-0.2, 0) is 11.2 Å². The number of benzene rings is 1. The van der Waals surface area contributed by atoms with Gasteiger partial charge in [-0.15, -0.1) is 0 Å². The predicted octanol–water partition coefficient (Wildman–Crippen LogP) is 3.57. The number of aryl methyl sites for hydroxylation is 1. The van der Waals surface area contributed by atoms with Crippen molar-refractivity contribution in [2.75, 3.05) is 20.3 Å². The molecule has 0 aliphatic rings. The highest BCUT2D eigenvalue weighted by molar-refractivity contribution is 5.14. The van der Waals surface area contributed by atoms with Crippen molar-refractivity contribution in [1.82, 2.24) is 5.32 Å². The fourth-order valence-corrected chi connectivity index (χ4v) is 2.04. The molecule has 0 aromatic heterocycles. The van der Waals surface area contributed by atoms with Crippen molar-refractivity contribution in [3.05, 3.63) is 35.9 Å². The summed E-state index contributed by atoms with van der Waals surface area (Å²) in [6, 6.07) is 10.4. The van der Waals surface area contributed by atoms with E-state index >= 15 is 0 Å². The third kappa shape index (κ3) is 8.17. The van der Waals surface area contributed by atoms with E-state index in [-0.39, 0.29) is 12.6 Å². The zero-order chi connectivity index (χ0) is 14.8. The predicted molar refractivity (Wildman–Crippen MR) is 73.7 cm³/mol. The summed E-state index contributed by atoms with van der Waals surface area (Å²) >= 11 is 0. The maximum Gasteiger partial charge on any atom is 0.411 e. The molecule has 2 nitrogen and oxygen atoms in total. The summed E-state index contributed by atoms with van der Waals surface area (Å²) in [6.45, 7) is -1.02. The number of nitrogens with one attached hydrogen (secondary N) is 1. The van der Waals surface area contributed by atoms with Crippen molar-refractivity contribution in [2.45, 2.75) is 37.9 Å². The van der Waals surface area contributed by atoms with Gasteiger partial charge in [0.25, 0.3) is 0 Å². The molecule has 1 unspecified atom stereocenters. The summed E-state index contributed by atoms with van der Waals surface area (Å²) in [6.07, 6.45) is -0.707. The van der Waals surface area contributed by atoms with Crippen LogP contribution in [0.1, 0.15) is 24.8 Å². The lowest BCUT2D eigenvalue weighted by Crippen LogP contribution is -2.28. The van der Waals surface area contributed by atoms with Crippen molar-refractivity contribution < 1.29 is 17.9 Å². The maximum atomic E-state index is 11.9. The molecule has 0 saturated carbocycles. The molecule has 1 aromatic carbocycles. The summed E-state index contributed by atoms with van der Waals surface area (Å²) in [5, 5.41) is 3.12. The zero-order valence-electron chi connectivity index (χ0n) is 11.7. The first-order chi connectivity index (χ1) is 9.51. The standard InChI is InChI=1S/C15H22F3NO/c1-19-14(10-11-20-12-15(16,17)18)9-5-8-13-6-3-2-4-7-13/h2-4,6-7,14,19H,5,8-12H2,1H3. The van der Waals surface area contributed by atoms with E-state index in [4.69, 9.17) is 0 Å². The van der Waals surface area contributed by atoms with E-state index in [0.717, 1.165) is 19.3 Å². The minimum absolute atomic E-state index is 0.135. The van der Waals surface area contributed by atoms with Crippen LogP contribution in [0.15, 0.2) is 30.3 Å². The highest BCUT2D eigenvalue weighted by Gasteiger charge is 2.27. The second kappa shape index (κ2) is 8.97. The lowest BCUT2D eigenvalue weighted by Gasteiger charge is -2.16. The topological polar surface area (TPSA) is 21.3 Å². The SMILES string of the molecule is CNC(CCCc1ccccc1)CCOCC(F)(F)F. The number of halogens is 3. The molecular formula is C15H22F3NO. The lowest BCUT2D eigenvalue weighted by atomic mass is 10.0. The molecule has 114 valence electrons. The van der Waals surface area contributed by atoms with Crippen molar-refractivity contribution in [3.8, 4) is 0 Å². The van der Waals surface area contributed by atoms with Gasteiger partial charge < -0.3 is 10.1 Å². The zero-order valence-corrected chi connectivity index (χ0v) is 11.7. The Morgan fingerprint density at radius 3 is 2.45 bits per heavy atom. The first kappa shape index (κ1) is 17.0. The molecular weight excluding hydrogens is 267 g/mol. The fourth-order valence-electron chi connectivity index (χ4n) is 2.04. The van der Waals surface area contributed by atoms with Crippen LogP contribution in [-0.4, -0.2) is 32.5 Å². The number of rotatable bonds is 9. The Hall–Kier alpha value is -1.07. The molecule has 0 aliphatic carbocycles. The second-order valence-electron chi connectivity index (χ2n) is 4.82. The number of alkyl halides is 3. The highest BCUT2D eigenvalue weighted by Crippen LogP contribution is 2.15. The molecule has 5 heteroatoms. The molecule has 0 radical (unpaired) electrons. The normalized spacial score (nSPS) is 13.4. The number of hydrogen-bond donors (Lipinski definition) is 1. The van der Waals surface area contributed by atoms with Gasteiger partial charge >= 0.3 is 6.18 Å². The maximum absolute atomic E-state index is 11.9.